The summed E-state index contributed by atoms with van der Waals surface area (Å²) in [6, 6.07) is 0. The number of rotatable bonds is 6. The van der Waals surface area contributed by atoms with Crippen LogP contribution in [-0.4, -0.2) is 23.9 Å². The van der Waals surface area contributed by atoms with Crippen LogP contribution in [0.1, 0.15) is 33.1 Å². The summed E-state index contributed by atoms with van der Waals surface area (Å²) < 4.78 is 35.3. The molecule has 0 fully saturated rings. The van der Waals surface area contributed by atoms with Gasteiger partial charge in [-0.3, -0.25) is 4.79 Å². The third-order valence-electron chi connectivity index (χ3n) is 2.09. The second-order valence-corrected chi connectivity index (χ2v) is 4.61. The van der Waals surface area contributed by atoms with Crippen molar-refractivity contribution in [2.24, 2.45) is 5.92 Å². The largest absolute Gasteiger partial charge is 0.389 e. The molecule has 1 unspecified atom stereocenters. The van der Waals surface area contributed by atoms with Gasteiger partial charge in [0.2, 0.25) is 5.91 Å². The average molecular weight is 257 g/mol. The fourth-order valence-electron chi connectivity index (χ4n) is 1.07. The highest BCUT2D eigenvalue weighted by molar-refractivity contribution is 7.81. The molecule has 1 atom stereocenters. The van der Waals surface area contributed by atoms with Gasteiger partial charge in [-0.2, -0.15) is 25.8 Å². The van der Waals surface area contributed by atoms with E-state index < -0.39 is 17.8 Å². The molecule has 0 radical (unpaired) electrons. The van der Waals surface area contributed by atoms with Crippen LogP contribution in [-0.2, 0) is 4.79 Å². The normalized spacial score (nSPS) is 13.9. The zero-order valence-electron chi connectivity index (χ0n) is 9.47. The fourth-order valence-corrected chi connectivity index (χ4v) is 1.16. The maximum atomic E-state index is 11.8. The number of alkyl halides is 3. The molecule has 0 saturated heterocycles. The average Bonchev–Trinajstić information content (AvgIpc) is 2.13. The first-order valence-corrected chi connectivity index (χ1v) is 5.78. The third-order valence-corrected chi connectivity index (χ3v) is 2.92. The van der Waals surface area contributed by atoms with Crippen molar-refractivity contribution in [1.29, 1.82) is 0 Å². The van der Waals surface area contributed by atoms with E-state index in [1.807, 2.05) is 13.8 Å². The Morgan fingerprint density at radius 3 is 2.31 bits per heavy atom. The highest BCUT2D eigenvalue weighted by atomic mass is 32.1. The number of carbonyl (C=O) groups is 1. The molecule has 6 heteroatoms. The maximum Gasteiger partial charge on any atom is 0.389 e. The highest BCUT2D eigenvalue weighted by Gasteiger charge is 2.25. The third kappa shape index (κ3) is 7.84. The van der Waals surface area contributed by atoms with Crippen LogP contribution in [0.15, 0.2) is 0 Å². The Morgan fingerprint density at radius 1 is 1.31 bits per heavy atom. The van der Waals surface area contributed by atoms with Crippen molar-refractivity contribution >= 4 is 18.5 Å². The summed E-state index contributed by atoms with van der Waals surface area (Å²) in [5.41, 5.74) is 0. The van der Waals surface area contributed by atoms with Crippen LogP contribution in [0.5, 0.6) is 0 Å². The molecule has 16 heavy (non-hydrogen) atoms. The number of halogens is 3. The summed E-state index contributed by atoms with van der Waals surface area (Å²) in [6.07, 6.45) is -4.52. The summed E-state index contributed by atoms with van der Waals surface area (Å²) in [5, 5.41) is 2.17. The first-order chi connectivity index (χ1) is 7.24. The molecule has 0 aromatic carbocycles. The van der Waals surface area contributed by atoms with Crippen LogP contribution < -0.4 is 5.32 Å². The lowest BCUT2D eigenvalue weighted by atomic mass is 10.1. The Hall–Kier alpha value is -0.390. The molecule has 0 aromatic rings. The molecular weight excluding hydrogens is 239 g/mol. The van der Waals surface area contributed by atoms with Gasteiger partial charge in [0.05, 0.1) is 5.25 Å². The number of nitrogens with one attached hydrogen (secondary N) is 1. The van der Waals surface area contributed by atoms with Gasteiger partial charge >= 0.3 is 6.18 Å². The molecule has 0 saturated carbocycles. The molecule has 0 rings (SSSR count). The SMILES string of the molecule is CC(C)C(S)C(=O)NCCCCC(F)(F)F. The van der Waals surface area contributed by atoms with Gasteiger partial charge in [0.15, 0.2) is 0 Å². The standard InChI is InChI=1S/C10H18F3NOS/c1-7(2)8(16)9(15)14-6-4-3-5-10(11,12)13/h7-8,16H,3-6H2,1-2H3,(H,14,15). The van der Waals surface area contributed by atoms with E-state index in [9.17, 15) is 18.0 Å². The van der Waals surface area contributed by atoms with Crippen LogP contribution in [0.3, 0.4) is 0 Å². The zero-order chi connectivity index (χ0) is 12.8. The predicted octanol–water partition coefficient (Wildman–Crippen LogP) is 2.79. The number of unbranched alkanes of at least 4 members (excludes halogenated alkanes) is 1. The Labute approximate surface area is 99.4 Å². The quantitative estimate of drug-likeness (QED) is 0.556. The minimum absolute atomic E-state index is 0.0443. The molecule has 0 aliphatic rings. The zero-order valence-corrected chi connectivity index (χ0v) is 10.4. The van der Waals surface area contributed by atoms with E-state index >= 15 is 0 Å². The summed E-state index contributed by atoms with van der Waals surface area (Å²) in [4.78, 5) is 11.3. The van der Waals surface area contributed by atoms with Gasteiger partial charge in [0.25, 0.3) is 0 Å². The topological polar surface area (TPSA) is 29.1 Å². The van der Waals surface area contributed by atoms with Crippen molar-refractivity contribution in [2.45, 2.75) is 44.5 Å². The summed E-state index contributed by atoms with van der Waals surface area (Å²) >= 11 is 4.10. The number of carbonyl (C=O) groups excluding carboxylic acids is 1. The molecule has 0 aliphatic heterocycles. The van der Waals surface area contributed by atoms with Gasteiger partial charge in [-0.15, -0.1) is 0 Å². The van der Waals surface area contributed by atoms with Gasteiger partial charge in [-0.05, 0) is 18.8 Å². The smallest absolute Gasteiger partial charge is 0.355 e. The molecule has 96 valence electrons. The molecule has 0 spiro atoms. The van der Waals surface area contributed by atoms with Crippen molar-refractivity contribution < 1.29 is 18.0 Å². The lowest BCUT2D eigenvalue weighted by molar-refractivity contribution is -0.135. The van der Waals surface area contributed by atoms with E-state index in [0.717, 1.165) is 0 Å². The van der Waals surface area contributed by atoms with Crippen molar-refractivity contribution in [3.8, 4) is 0 Å². The van der Waals surface area contributed by atoms with Gasteiger partial charge in [0.1, 0.15) is 0 Å². The van der Waals surface area contributed by atoms with E-state index in [0.29, 0.717) is 6.42 Å². The lowest BCUT2D eigenvalue weighted by Gasteiger charge is -2.14. The van der Waals surface area contributed by atoms with E-state index in [2.05, 4.69) is 17.9 Å². The van der Waals surface area contributed by atoms with Crippen molar-refractivity contribution in [2.75, 3.05) is 6.54 Å². The van der Waals surface area contributed by atoms with E-state index in [4.69, 9.17) is 0 Å². The van der Waals surface area contributed by atoms with Crippen LogP contribution in [0, 0.1) is 5.92 Å². The van der Waals surface area contributed by atoms with Crippen LogP contribution >= 0.6 is 12.6 Å². The molecule has 1 amide bonds. The molecule has 0 bridgehead atoms. The summed E-state index contributed by atoms with van der Waals surface area (Å²) in [7, 11) is 0. The fraction of sp³-hybridized carbons (Fsp3) is 0.900. The maximum absolute atomic E-state index is 11.8. The van der Waals surface area contributed by atoms with Crippen molar-refractivity contribution in [3.63, 3.8) is 0 Å². The molecule has 0 heterocycles. The first kappa shape index (κ1) is 15.6. The summed E-state index contributed by atoms with van der Waals surface area (Å²) in [5.74, 6) is -0.108. The van der Waals surface area contributed by atoms with Gasteiger partial charge in [-0.1, -0.05) is 13.8 Å². The Morgan fingerprint density at radius 2 is 1.88 bits per heavy atom. The Balaban J connectivity index is 3.56. The minimum atomic E-state index is -4.10. The van der Waals surface area contributed by atoms with Crippen LogP contribution in [0.25, 0.3) is 0 Å². The van der Waals surface area contributed by atoms with E-state index in [1.165, 1.54) is 0 Å². The molecule has 1 N–H and O–H groups in total. The molecule has 0 aliphatic carbocycles. The minimum Gasteiger partial charge on any atom is -0.355 e. The number of amides is 1. The molecular formula is C10H18F3NOS. The number of hydrogen-bond acceptors (Lipinski definition) is 2. The monoisotopic (exact) mass is 257 g/mol. The van der Waals surface area contributed by atoms with Crippen molar-refractivity contribution in [3.05, 3.63) is 0 Å². The van der Waals surface area contributed by atoms with Gasteiger partial charge < -0.3 is 5.32 Å². The van der Waals surface area contributed by atoms with Crippen molar-refractivity contribution in [1.82, 2.24) is 5.32 Å². The number of hydrogen-bond donors (Lipinski definition) is 2. The lowest BCUT2D eigenvalue weighted by Crippen LogP contribution is -2.35. The van der Waals surface area contributed by atoms with Crippen LogP contribution in [0.2, 0.25) is 0 Å². The van der Waals surface area contributed by atoms with E-state index in [-0.39, 0.29) is 24.8 Å². The first-order valence-electron chi connectivity index (χ1n) is 5.26. The molecule has 2 nitrogen and oxygen atoms in total. The number of thiol groups is 1. The van der Waals surface area contributed by atoms with Crippen LogP contribution in [0.4, 0.5) is 13.2 Å². The Bertz CT molecular complexity index is 219. The second kappa shape index (κ2) is 7.04. The second-order valence-electron chi connectivity index (χ2n) is 4.05. The van der Waals surface area contributed by atoms with E-state index in [1.54, 1.807) is 0 Å². The Kier molecular flexibility index (Phi) is 6.87. The predicted molar refractivity (Wildman–Crippen MR) is 60.5 cm³/mol. The van der Waals surface area contributed by atoms with Gasteiger partial charge in [-0.25, -0.2) is 0 Å². The summed E-state index contributed by atoms with van der Waals surface area (Å²) in [6.45, 7) is 4.00. The highest BCUT2D eigenvalue weighted by Crippen LogP contribution is 2.21. The van der Waals surface area contributed by atoms with Gasteiger partial charge in [0, 0.05) is 13.0 Å². The molecule has 0 aromatic heterocycles.